The van der Waals surface area contributed by atoms with Crippen molar-refractivity contribution in [3.8, 4) is 5.75 Å². The molecule has 1 heterocycles. The Kier molecular flexibility index (Phi) is 6.54. The predicted molar refractivity (Wildman–Crippen MR) is 76.2 cm³/mol. The van der Waals surface area contributed by atoms with Crippen molar-refractivity contribution >= 4 is 34.2 Å². The Morgan fingerprint density at radius 2 is 2.26 bits per heavy atom. The van der Waals surface area contributed by atoms with Gasteiger partial charge in [-0.2, -0.15) is 0 Å². The molecular formula is C12H15BrClFN2O2. The first-order chi connectivity index (χ1) is 8.65. The first-order valence-electron chi connectivity index (χ1n) is 5.70. The Labute approximate surface area is 125 Å². The minimum absolute atomic E-state index is 0. The van der Waals surface area contributed by atoms with E-state index in [0.717, 1.165) is 13.1 Å². The Balaban J connectivity index is 0.00000180. The van der Waals surface area contributed by atoms with E-state index in [4.69, 9.17) is 4.74 Å². The Bertz CT molecular complexity index is 444. The number of ether oxygens (including phenoxy) is 1. The quantitative estimate of drug-likeness (QED) is 0.847. The maximum Gasteiger partial charge on any atom is 0.257 e. The van der Waals surface area contributed by atoms with Gasteiger partial charge in [-0.3, -0.25) is 4.79 Å². The molecule has 1 aromatic rings. The highest BCUT2D eigenvalue weighted by Crippen LogP contribution is 2.25. The molecule has 4 nitrogen and oxygen atoms in total. The third kappa shape index (κ3) is 4.97. The zero-order valence-corrected chi connectivity index (χ0v) is 12.5. The van der Waals surface area contributed by atoms with Crippen molar-refractivity contribution in [1.82, 2.24) is 10.6 Å². The average Bonchev–Trinajstić information content (AvgIpc) is 2.25. The van der Waals surface area contributed by atoms with Crippen LogP contribution in [0, 0.1) is 11.7 Å². The molecule has 1 aromatic carbocycles. The van der Waals surface area contributed by atoms with Gasteiger partial charge in [0.2, 0.25) is 0 Å². The van der Waals surface area contributed by atoms with Crippen LogP contribution in [-0.2, 0) is 4.79 Å². The van der Waals surface area contributed by atoms with E-state index in [1.165, 1.54) is 18.2 Å². The van der Waals surface area contributed by atoms with Gasteiger partial charge in [0.05, 0.1) is 4.47 Å². The van der Waals surface area contributed by atoms with Crippen molar-refractivity contribution in [2.75, 3.05) is 26.2 Å². The summed E-state index contributed by atoms with van der Waals surface area (Å²) >= 11 is 3.17. The van der Waals surface area contributed by atoms with Crippen molar-refractivity contribution in [3.05, 3.63) is 28.5 Å². The van der Waals surface area contributed by atoms with Gasteiger partial charge in [0, 0.05) is 25.6 Å². The van der Waals surface area contributed by atoms with Gasteiger partial charge in [0.1, 0.15) is 11.6 Å². The number of nitrogens with one attached hydrogen (secondary N) is 2. The number of hydrogen-bond donors (Lipinski definition) is 2. The molecule has 0 atom stereocenters. The molecule has 2 rings (SSSR count). The molecule has 1 fully saturated rings. The Morgan fingerprint density at radius 1 is 1.53 bits per heavy atom. The number of rotatable bonds is 5. The monoisotopic (exact) mass is 352 g/mol. The number of halogens is 3. The van der Waals surface area contributed by atoms with Crippen molar-refractivity contribution in [3.63, 3.8) is 0 Å². The number of carbonyl (C=O) groups is 1. The van der Waals surface area contributed by atoms with Crippen LogP contribution >= 0.6 is 28.3 Å². The van der Waals surface area contributed by atoms with Crippen molar-refractivity contribution in [1.29, 1.82) is 0 Å². The zero-order chi connectivity index (χ0) is 13.0. The second-order valence-corrected chi connectivity index (χ2v) is 5.05. The second kappa shape index (κ2) is 7.67. The van der Waals surface area contributed by atoms with Gasteiger partial charge in [-0.1, -0.05) is 0 Å². The van der Waals surface area contributed by atoms with Crippen LogP contribution in [0.25, 0.3) is 0 Å². The highest BCUT2D eigenvalue weighted by atomic mass is 79.9. The van der Waals surface area contributed by atoms with E-state index in [0.29, 0.717) is 22.7 Å². The molecule has 0 unspecified atom stereocenters. The minimum Gasteiger partial charge on any atom is -0.483 e. The topological polar surface area (TPSA) is 50.4 Å². The van der Waals surface area contributed by atoms with E-state index in [1.807, 2.05) is 0 Å². The number of amides is 1. The largest absolute Gasteiger partial charge is 0.483 e. The summed E-state index contributed by atoms with van der Waals surface area (Å²) in [4.78, 5) is 11.5. The molecule has 1 aliphatic heterocycles. The smallest absolute Gasteiger partial charge is 0.257 e. The van der Waals surface area contributed by atoms with Crippen LogP contribution < -0.4 is 15.4 Å². The molecule has 0 bridgehead atoms. The standard InChI is InChI=1S/C12H14BrFN2O2.ClH/c13-10-3-9(14)1-2-11(10)18-7-12(17)16-6-8-4-15-5-8;/h1-3,8,15H,4-7H2,(H,16,17);1H. The van der Waals surface area contributed by atoms with Crippen LogP contribution in [0.2, 0.25) is 0 Å². The first-order valence-corrected chi connectivity index (χ1v) is 6.49. The molecule has 19 heavy (non-hydrogen) atoms. The van der Waals surface area contributed by atoms with Crippen LogP contribution in [0.3, 0.4) is 0 Å². The zero-order valence-electron chi connectivity index (χ0n) is 10.1. The van der Waals surface area contributed by atoms with Crippen LogP contribution in [-0.4, -0.2) is 32.1 Å². The molecule has 0 radical (unpaired) electrons. The van der Waals surface area contributed by atoms with E-state index in [1.54, 1.807) is 0 Å². The molecule has 0 aliphatic carbocycles. The van der Waals surface area contributed by atoms with Gasteiger partial charge in [0.25, 0.3) is 5.91 Å². The Hall–Kier alpha value is -0.850. The summed E-state index contributed by atoms with van der Waals surface area (Å²) in [6, 6.07) is 4.08. The van der Waals surface area contributed by atoms with Crippen molar-refractivity contribution < 1.29 is 13.9 Å². The van der Waals surface area contributed by atoms with Gasteiger partial charge < -0.3 is 15.4 Å². The summed E-state index contributed by atoms with van der Waals surface area (Å²) in [5.74, 6) is 0.456. The summed E-state index contributed by atoms with van der Waals surface area (Å²) in [5.41, 5.74) is 0. The molecule has 1 amide bonds. The lowest BCUT2D eigenvalue weighted by atomic mass is 10.0. The summed E-state index contributed by atoms with van der Waals surface area (Å²) in [6.45, 7) is 2.50. The van der Waals surface area contributed by atoms with Gasteiger partial charge >= 0.3 is 0 Å². The first kappa shape index (κ1) is 16.2. The Morgan fingerprint density at radius 3 is 2.84 bits per heavy atom. The molecule has 7 heteroatoms. The SMILES string of the molecule is Cl.O=C(COc1ccc(F)cc1Br)NCC1CNC1. The van der Waals surface area contributed by atoms with Crippen LogP contribution in [0.5, 0.6) is 5.75 Å². The third-order valence-electron chi connectivity index (χ3n) is 2.71. The van der Waals surface area contributed by atoms with E-state index < -0.39 is 0 Å². The van der Waals surface area contributed by atoms with E-state index in [-0.39, 0.29) is 30.7 Å². The molecule has 0 spiro atoms. The van der Waals surface area contributed by atoms with Crippen molar-refractivity contribution in [2.24, 2.45) is 5.92 Å². The molecule has 2 N–H and O–H groups in total. The predicted octanol–water partition coefficient (Wildman–Crippen LogP) is 1.72. The average molecular weight is 354 g/mol. The van der Waals surface area contributed by atoms with Gasteiger partial charge in [-0.15, -0.1) is 12.4 Å². The number of benzene rings is 1. The fourth-order valence-electron chi connectivity index (χ4n) is 1.54. The van der Waals surface area contributed by atoms with Crippen LogP contribution in [0.4, 0.5) is 4.39 Å². The minimum atomic E-state index is -0.351. The fraction of sp³-hybridized carbons (Fsp3) is 0.417. The van der Waals surface area contributed by atoms with E-state index >= 15 is 0 Å². The van der Waals surface area contributed by atoms with E-state index in [2.05, 4.69) is 26.6 Å². The van der Waals surface area contributed by atoms with Gasteiger partial charge in [-0.05, 0) is 34.1 Å². The lowest BCUT2D eigenvalue weighted by Gasteiger charge is -2.27. The fourth-order valence-corrected chi connectivity index (χ4v) is 2.00. The molecule has 1 saturated heterocycles. The molecule has 1 aliphatic rings. The molecule has 106 valence electrons. The van der Waals surface area contributed by atoms with Crippen LogP contribution in [0.1, 0.15) is 0 Å². The summed E-state index contributed by atoms with van der Waals surface area (Å²) in [6.07, 6.45) is 0. The van der Waals surface area contributed by atoms with Crippen LogP contribution in [0.15, 0.2) is 22.7 Å². The van der Waals surface area contributed by atoms with Gasteiger partial charge in [-0.25, -0.2) is 4.39 Å². The number of carbonyl (C=O) groups excluding carboxylic acids is 1. The maximum absolute atomic E-state index is 12.8. The highest BCUT2D eigenvalue weighted by molar-refractivity contribution is 9.10. The molecular weight excluding hydrogens is 338 g/mol. The molecule has 0 saturated carbocycles. The van der Waals surface area contributed by atoms with E-state index in [9.17, 15) is 9.18 Å². The highest BCUT2D eigenvalue weighted by Gasteiger charge is 2.17. The molecule has 0 aromatic heterocycles. The summed E-state index contributed by atoms with van der Waals surface area (Å²) in [5, 5.41) is 5.92. The number of hydrogen-bond acceptors (Lipinski definition) is 3. The summed E-state index contributed by atoms with van der Waals surface area (Å²) < 4.78 is 18.6. The summed E-state index contributed by atoms with van der Waals surface area (Å²) in [7, 11) is 0. The normalized spacial score (nSPS) is 14.2. The third-order valence-corrected chi connectivity index (χ3v) is 3.33. The van der Waals surface area contributed by atoms with Crippen molar-refractivity contribution in [2.45, 2.75) is 0 Å². The lowest BCUT2D eigenvalue weighted by Crippen LogP contribution is -2.48. The lowest BCUT2D eigenvalue weighted by molar-refractivity contribution is -0.123. The second-order valence-electron chi connectivity index (χ2n) is 4.19. The maximum atomic E-state index is 12.8. The van der Waals surface area contributed by atoms with Gasteiger partial charge in [0.15, 0.2) is 6.61 Å².